The van der Waals surface area contributed by atoms with E-state index in [1.807, 2.05) is 18.3 Å². The number of anilines is 2. The molecule has 4 nitrogen and oxygen atoms in total. The summed E-state index contributed by atoms with van der Waals surface area (Å²) in [5.41, 5.74) is 5.35. The number of hydrogen-bond donors (Lipinski definition) is 0. The van der Waals surface area contributed by atoms with Crippen molar-refractivity contribution in [3.05, 3.63) is 96.2 Å². The molecule has 1 aliphatic rings. The van der Waals surface area contributed by atoms with E-state index in [4.69, 9.17) is 9.98 Å². The number of nitrogens with zero attached hydrogens (tertiary/aromatic N) is 4. The van der Waals surface area contributed by atoms with Gasteiger partial charge in [-0.2, -0.15) is 0 Å². The van der Waals surface area contributed by atoms with E-state index < -0.39 is 0 Å². The van der Waals surface area contributed by atoms with Gasteiger partial charge in [0, 0.05) is 29.3 Å². The summed E-state index contributed by atoms with van der Waals surface area (Å²) < 4.78 is 0. The molecule has 0 fully saturated rings. The minimum absolute atomic E-state index is 0.876. The molecule has 0 saturated carbocycles. The highest BCUT2D eigenvalue weighted by atomic mass is 15.2. The number of fused-ring (bicyclic) bond motifs is 4. The first-order valence-corrected chi connectivity index (χ1v) is 10.8. The smallest absolute Gasteiger partial charge is 0.159 e. The molecule has 0 bridgehead atoms. The van der Waals surface area contributed by atoms with E-state index in [0.29, 0.717) is 0 Å². The van der Waals surface area contributed by atoms with E-state index in [-0.39, 0.29) is 0 Å². The largest absolute Gasteiger partial charge is 0.323 e. The number of aliphatic imine (C=N–C) groups is 1. The van der Waals surface area contributed by atoms with E-state index in [1.165, 1.54) is 16.5 Å². The van der Waals surface area contributed by atoms with Crippen molar-refractivity contribution in [3.63, 3.8) is 0 Å². The number of rotatable bonds is 5. The van der Waals surface area contributed by atoms with E-state index in [2.05, 4.69) is 90.6 Å². The molecule has 31 heavy (non-hydrogen) atoms. The van der Waals surface area contributed by atoms with Crippen LogP contribution in [0, 0.1) is 0 Å². The summed E-state index contributed by atoms with van der Waals surface area (Å²) in [5, 5.41) is 2.46. The van der Waals surface area contributed by atoms with Crippen molar-refractivity contribution < 1.29 is 0 Å². The van der Waals surface area contributed by atoms with Gasteiger partial charge in [-0.1, -0.05) is 66.7 Å². The monoisotopic (exact) mass is 406 g/mol. The van der Waals surface area contributed by atoms with Crippen molar-refractivity contribution in [2.24, 2.45) is 4.99 Å². The van der Waals surface area contributed by atoms with E-state index >= 15 is 0 Å². The maximum Gasteiger partial charge on any atom is 0.159 e. The maximum atomic E-state index is 5.15. The highest BCUT2D eigenvalue weighted by Gasteiger charge is 2.26. The van der Waals surface area contributed by atoms with Gasteiger partial charge < -0.3 is 9.80 Å². The number of hydrogen-bond acceptors (Lipinski definition) is 4. The van der Waals surface area contributed by atoms with Crippen molar-refractivity contribution in [2.45, 2.75) is 6.42 Å². The third kappa shape index (κ3) is 3.71. The van der Waals surface area contributed by atoms with E-state index in [0.717, 1.165) is 47.9 Å². The molecule has 3 aromatic carbocycles. The molecule has 0 aliphatic carbocycles. The Bertz CT molecular complexity index is 1240. The standard InChI is InChI=1S/C27H26N4/c1-30(2)18-9-19-31-26-22-13-7-6-10-20(22)15-16-23(26)25(21-11-4-3-5-12-21)29-24-14-8-17-28-27(24)31/h3-8,10-17H,9,18-19H2,1-2H3. The summed E-state index contributed by atoms with van der Waals surface area (Å²) in [7, 11) is 4.24. The molecule has 0 unspecified atom stereocenters. The Kier molecular flexibility index (Phi) is 5.23. The van der Waals surface area contributed by atoms with Crippen molar-refractivity contribution in [3.8, 4) is 0 Å². The van der Waals surface area contributed by atoms with Crippen LogP contribution in [0.15, 0.2) is 90.1 Å². The van der Waals surface area contributed by atoms with Crippen molar-refractivity contribution in [1.29, 1.82) is 0 Å². The lowest BCUT2D eigenvalue weighted by atomic mass is 9.96. The highest BCUT2D eigenvalue weighted by molar-refractivity contribution is 6.22. The van der Waals surface area contributed by atoms with Gasteiger partial charge in [0.25, 0.3) is 0 Å². The van der Waals surface area contributed by atoms with Gasteiger partial charge in [0.15, 0.2) is 5.82 Å². The van der Waals surface area contributed by atoms with Gasteiger partial charge in [-0.15, -0.1) is 0 Å². The minimum Gasteiger partial charge on any atom is -0.323 e. The van der Waals surface area contributed by atoms with Crippen LogP contribution in [0.1, 0.15) is 17.5 Å². The molecule has 4 aromatic rings. The highest BCUT2D eigenvalue weighted by Crippen LogP contribution is 2.42. The van der Waals surface area contributed by atoms with Crippen LogP contribution in [-0.2, 0) is 0 Å². The Balaban J connectivity index is 1.78. The summed E-state index contributed by atoms with van der Waals surface area (Å²) in [4.78, 5) is 14.6. The molecule has 0 amide bonds. The summed E-state index contributed by atoms with van der Waals surface area (Å²) in [6.45, 7) is 1.89. The second-order valence-corrected chi connectivity index (χ2v) is 8.16. The summed E-state index contributed by atoms with van der Waals surface area (Å²) in [5.74, 6) is 0.921. The van der Waals surface area contributed by atoms with Gasteiger partial charge in [0.1, 0.15) is 5.69 Å². The number of pyridine rings is 1. The van der Waals surface area contributed by atoms with Crippen molar-refractivity contribution in [1.82, 2.24) is 9.88 Å². The molecule has 1 aliphatic heterocycles. The van der Waals surface area contributed by atoms with Gasteiger partial charge in [0.2, 0.25) is 0 Å². The van der Waals surface area contributed by atoms with Crippen molar-refractivity contribution >= 4 is 33.7 Å². The van der Waals surface area contributed by atoms with E-state index in [1.54, 1.807) is 0 Å². The molecular weight excluding hydrogens is 380 g/mol. The molecule has 2 heterocycles. The molecule has 0 radical (unpaired) electrons. The van der Waals surface area contributed by atoms with Gasteiger partial charge >= 0.3 is 0 Å². The molecule has 4 heteroatoms. The van der Waals surface area contributed by atoms with Gasteiger partial charge in [-0.05, 0) is 44.6 Å². The fraction of sp³-hybridized carbons (Fsp3) is 0.185. The maximum absolute atomic E-state index is 5.15. The van der Waals surface area contributed by atoms with Gasteiger partial charge in [0.05, 0.1) is 11.4 Å². The van der Waals surface area contributed by atoms with Crippen LogP contribution in [0.2, 0.25) is 0 Å². The van der Waals surface area contributed by atoms with Crippen LogP contribution in [0.25, 0.3) is 10.8 Å². The predicted octanol–water partition coefficient (Wildman–Crippen LogP) is 5.81. The summed E-state index contributed by atoms with van der Waals surface area (Å²) in [6, 6.07) is 27.5. The first-order chi connectivity index (χ1) is 15.2. The van der Waals surface area contributed by atoms with Crippen LogP contribution < -0.4 is 4.90 Å². The Morgan fingerprint density at radius 1 is 0.839 bits per heavy atom. The van der Waals surface area contributed by atoms with Crippen LogP contribution in [0.5, 0.6) is 0 Å². The molecule has 1 aromatic heterocycles. The molecule has 0 atom stereocenters. The Hall–Kier alpha value is -3.50. The lowest BCUT2D eigenvalue weighted by molar-refractivity contribution is 0.402. The fourth-order valence-corrected chi connectivity index (χ4v) is 4.29. The third-order valence-corrected chi connectivity index (χ3v) is 5.71. The van der Waals surface area contributed by atoms with E-state index in [9.17, 15) is 0 Å². The molecule has 0 spiro atoms. The number of aromatic nitrogens is 1. The first-order valence-electron chi connectivity index (χ1n) is 10.8. The minimum atomic E-state index is 0.876. The van der Waals surface area contributed by atoms with Gasteiger partial charge in [-0.25, -0.2) is 9.98 Å². The summed E-state index contributed by atoms with van der Waals surface area (Å²) >= 11 is 0. The van der Waals surface area contributed by atoms with Crippen molar-refractivity contribution in [2.75, 3.05) is 32.1 Å². The Morgan fingerprint density at radius 3 is 2.48 bits per heavy atom. The van der Waals surface area contributed by atoms with Gasteiger partial charge in [-0.3, -0.25) is 0 Å². The fourth-order valence-electron chi connectivity index (χ4n) is 4.29. The summed E-state index contributed by atoms with van der Waals surface area (Å²) in [6.07, 6.45) is 2.90. The van der Waals surface area contributed by atoms with Crippen LogP contribution in [0.4, 0.5) is 17.2 Å². The van der Waals surface area contributed by atoms with Crippen LogP contribution in [-0.4, -0.2) is 42.8 Å². The average Bonchev–Trinajstić information content (AvgIpc) is 2.94. The second kappa shape index (κ2) is 8.32. The topological polar surface area (TPSA) is 31.7 Å². The zero-order valence-electron chi connectivity index (χ0n) is 18.0. The quantitative estimate of drug-likeness (QED) is 0.419. The molecule has 154 valence electrons. The normalized spacial score (nSPS) is 13.0. The zero-order valence-corrected chi connectivity index (χ0v) is 18.0. The first kappa shape index (κ1) is 19.5. The number of benzene rings is 3. The Labute approximate surface area is 183 Å². The Morgan fingerprint density at radius 2 is 1.65 bits per heavy atom. The lowest BCUT2D eigenvalue weighted by Crippen LogP contribution is -2.25. The molecule has 0 saturated heterocycles. The van der Waals surface area contributed by atoms with Crippen LogP contribution >= 0.6 is 0 Å². The second-order valence-electron chi connectivity index (χ2n) is 8.16. The lowest BCUT2D eigenvalue weighted by Gasteiger charge is -2.27. The molecule has 0 N–H and O–H groups in total. The third-order valence-electron chi connectivity index (χ3n) is 5.71. The molecular formula is C27H26N4. The SMILES string of the molecule is CN(C)CCCN1c2ncccc2N=C(c2ccccc2)c2ccc3ccccc3c21. The molecule has 5 rings (SSSR count). The predicted molar refractivity (Wildman–Crippen MR) is 130 cm³/mol. The zero-order chi connectivity index (χ0) is 21.2. The van der Waals surface area contributed by atoms with Crippen LogP contribution in [0.3, 0.4) is 0 Å². The average molecular weight is 407 g/mol.